The van der Waals surface area contributed by atoms with E-state index in [2.05, 4.69) is 4.98 Å². The highest BCUT2D eigenvalue weighted by Crippen LogP contribution is 2.30. The molecule has 0 atom stereocenters. The first-order valence-corrected chi connectivity index (χ1v) is 5.31. The predicted molar refractivity (Wildman–Crippen MR) is 68.5 cm³/mol. The molecule has 3 N–H and O–H groups in total. The second-order valence-electron chi connectivity index (χ2n) is 3.53. The molecule has 2 aromatic rings. The first-order valence-electron chi connectivity index (χ1n) is 4.94. The van der Waals surface area contributed by atoms with Gasteiger partial charge in [0.15, 0.2) is 0 Å². The van der Waals surface area contributed by atoms with E-state index in [9.17, 15) is 4.79 Å². The average molecular weight is 251 g/mol. The lowest BCUT2D eigenvalue weighted by Gasteiger charge is -2.07. The molecule has 17 heavy (non-hydrogen) atoms. The molecule has 0 spiro atoms. The Morgan fingerprint density at radius 2 is 2.06 bits per heavy atom. The van der Waals surface area contributed by atoms with E-state index in [0.29, 0.717) is 22.2 Å². The van der Waals surface area contributed by atoms with Crippen molar-refractivity contribution in [2.45, 2.75) is 0 Å². The molecule has 0 bridgehead atoms. The molecule has 0 radical (unpaired) electrons. The lowest BCUT2D eigenvalue weighted by molar-refractivity contribution is 0.415. The number of nitrogens with two attached hydrogens (primary N) is 1. The van der Waals surface area contributed by atoms with E-state index in [1.807, 2.05) is 0 Å². The maximum atomic E-state index is 11.3. The molecule has 4 nitrogen and oxygen atoms in total. The van der Waals surface area contributed by atoms with Crippen LogP contribution < -0.4 is 16.0 Å². The molecule has 1 heterocycles. The number of anilines is 1. The van der Waals surface area contributed by atoms with Crippen molar-refractivity contribution in [1.82, 2.24) is 4.98 Å². The van der Waals surface area contributed by atoms with Gasteiger partial charge < -0.3 is 15.5 Å². The first-order chi connectivity index (χ1) is 8.10. The molecule has 0 saturated heterocycles. The van der Waals surface area contributed by atoms with Gasteiger partial charge in [0.1, 0.15) is 11.6 Å². The molecule has 0 amide bonds. The Labute approximate surface area is 103 Å². The monoisotopic (exact) mass is 250 g/mol. The third kappa shape index (κ3) is 2.42. The van der Waals surface area contributed by atoms with Crippen molar-refractivity contribution in [2.75, 3.05) is 12.8 Å². The fourth-order valence-electron chi connectivity index (χ4n) is 1.58. The highest BCUT2D eigenvalue weighted by atomic mass is 35.5. The number of rotatable bonds is 2. The van der Waals surface area contributed by atoms with Gasteiger partial charge in [0, 0.05) is 11.6 Å². The molecule has 0 aliphatic rings. The van der Waals surface area contributed by atoms with Crippen molar-refractivity contribution < 1.29 is 4.74 Å². The number of H-pyrrole nitrogens is 1. The second kappa shape index (κ2) is 4.51. The van der Waals surface area contributed by atoms with Gasteiger partial charge in [-0.25, -0.2) is 0 Å². The largest absolute Gasteiger partial charge is 0.497 e. The number of ether oxygens (including phenoxy) is 1. The van der Waals surface area contributed by atoms with Crippen molar-refractivity contribution in [1.29, 1.82) is 0 Å². The number of hydrogen-bond donors (Lipinski definition) is 2. The summed E-state index contributed by atoms with van der Waals surface area (Å²) in [7, 11) is 1.57. The van der Waals surface area contributed by atoms with Crippen LogP contribution >= 0.6 is 11.6 Å². The summed E-state index contributed by atoms with van der Waals surface area (Å²) in [5, 5.41) is 0.509. The Morgan fingerprint density at radius 3 is 2.65 bits per heavy atom. The fraction of sp³-hybridized carbons (Fsp3) is 0.0833. The molecule has 0 aliphatic carbocycles. The van der Waals surface area contributed by atoms with Gasteiger partial charge in [-0.05, 0) is 29.8 Å². The molecular formula is C12H11ClN2O2. The number of aromatic amines is 1. The normalized spacial score (nSPS) is 10.2. The molecule has 0 fully saturated rings. The number of hydrogen-bond acceptors (Lipinski definition) is 3. The van der Waals surface area contributed by atoms with E-state index in [0.717, 1.165) is 5.56 Å². The molecule has 0 unspecified atom stereocenters. The number of nitrogens with one attached hydrogen (secondary N) is 1. The van der Waals surface area contributed by atoms with Crippen LogP contribution in [0.25, 0.3) is 11.1 Å². The summed E-state index contributed by atoms with van der Waals surface area (Å²) >= 11 is 6.11. The Kier molecular flexibility index (Phi) is 3.06. The van der Waals surface area contributed by atoms with Gasteiger partial charge in [-0.3, -0.25) is 4.79 Å². The zero-order valence-electron chi connectivity index (χ0n) is 9.16. The summed E-state index contributed by atoms with van der Waals surface area (Å²) in [6.45, 7) is 0. The quantitative estimate of drug-likeness (QED) is 0.859. The predicted octanol–water partition coefficient (Wildman–Crippen LogP) is 2.29. The second-order valence-corrected chi connectivity index (χ2v) is 3.94. The molecule has 0 saturated carbocycles. The molecule has 1 aromatic carbocycles. The maximum absolute atomic E-state index is 11.3. The minimum absolute atomic E-state index is 0.258. The van der Waals surface area contributed by atoms with Crippen LogP contribution in [-0.4, -0.2) is 12.1 Å². The van der Waals surface area contributed by atoms with E-state index in [1.165, 1.54) is 6.07 Å². The molecular weight excluding hydrogens is 240 g/mol. The molecule has 5 heteroatoms. The van der Waals surface area contributed by atoms with Crippen molar-refractivity contribution in [3.63, 3.8) is 0 Å². The molecule has 88 valence electrons. The summed E-state index contributed by atoms with van der Waals surface area (Å²) in [6, 6.07) is 8.36. The lowest BCUT2D eigenvalue weighted by Crippen LogP contribution is -2.07. The SMILES string of the molecule is COc1ccc(-c2cc(N)[nH]c(=O)c2)c(Cl)c1. The van der Waals surface area contributed by atoms with Crippen LogP contribution in [0.3, 0.4) is 0 Å². The van der Waals surface area contributed by atoms with E-state index < -0.39 is 0 Å². The van der Waals surface area contributed by atoms with Crippen LogP contribution in [0.5, 0.6) is 5.75 Å². The fourth-order valence-corrected chi connectivity index (χ4v) is 1.86. The average Bonchev–Trinajstić information content (AvgIpc) is 2.27. The van der Waals surface area contributed by atoms with E-state index >= 15 is 0 Å². The van der Waals surface area contributed by atoms with Crippen LogP contribution in [0.2, 0.25) is 5.02 Å². The topological polar surface area (TPSA) is 68.1 Å². The van der Waals surface area contributed by atoms with E-state index in [4.69, 9.17) is 22.1 Å². The Balaban J connectivity index is 2.56. The van der Waals surface area contributed by atoms with Crippen LogP contribution in [-0.2, 0) is 0 Å². The maximum Gasteiger partial charge on any atom is 0.250 e. The molecule has 1 aromatic heterocycles. The van der Waals surface area contributed by atoms with Crippen LogP contribution in [0.1, 0.15) is 0 Å². The van der Waals surface area contributed by atoms with Crippen molar-refractivity contribution in [2.24, 2.45) is 0 Å². The number of nitrogen functional groups attached to an aromatic ring is 1. The van der Waals surface area contributed by atoms with Gasteiger partial charge in [0.05, 0.1) is 12.1 Å². The number of halogens is 1. The van der Waals surface area contributed by atoms with Gasteiger partial charge in [-0.2, -0.15) is 0 Å². The smallest absolute Gasteiger partial charge is 0.250 e. The molecule has 0 aliphatic heterocycles. The van der Waals surface area contributed by atoms with E-state index in [1.54, 1.807) is 31.4 Å². The van der Waals surface area contributed by atoms with Gasteiger partial charge in [0.2, 0.25) is 5.56 Å². The Hall–Kier alpha value is -1.94. The minimum atomic E-state index is -0.258. The van der Waals surface area contributed by atoms with Crippen LogP contribution in [0, 0.1) is 0 Å². The number of pyridine rings is 1. The summed E-state index contributed by atoms with van der Waals surface area (Å²) in [4.78, 5) is 13.8. The van der Waals surface area contributed by atoms with E-state index in [-0.39, 0.29) is 5.56 Å². The zero-order valence-corrected chi connectivity index (χ0v) is 9.91. The lowest BCUT2D eigenvalue weighted by atomic mass is 10.1. The molecule has 2 rings (SSSR count). The Bertz CT molecular complexity index is 608. The van der Waals surface area contributed by atoms with Gasteiger partial charge in [0.25, 0.3) is 0 Å². The third-order valence-corrected chi connectivity index (χ3v) is 2.67. The van der Waals surface area contributed by atoms with Crippen molar-refractivity contribution >= 4 is 17.4 Å². The van der Waals surface area contributed by atoms with Gasteiger partial charge >= 0.3 is 0 Å². The minimum Gasteiger partial charge on any atom is -0.497 e. The number of benzene rings is 1. The highest BCUT2D eigenvalue weighted by molar-refractivity contribution is 6.33. The van der Waals surface area contributed by atoms with Gasteiger partial charge in [-0.15, -0.1) is 0 Å². The van der Waals surface area contributed by atoms with Crippen LogP contribution in [0.15, 0.2) is 35.1 Å². The van der Waals surface area contributed by atoms with Crippen molar-refractivity contribution in [3.05, 3.63) is 45.7 Å². The standard InChI is InChI=1S/C12H11ClN2O2/c1-17-8-2-3-9(10(13)6-8)7-4-11(14)15-12(16)5-7/h2-6H,1H3,(H3,14,15,16). The van der Waals surface area contributed by atoms with Gasteiger partial charge in [-0.1, -0.05) is 11.6 Å². The number of aromatic nitrogens is 1. The zero-order chi connectivity index (χ0) is 12.4. The van der Waals surface area contributed by atoms with Crippen LogP contribution in [0.4, 0.5) is 5.82 Å². The number of methoxy groups -OCH3 is 1. The summed E-state index contributed by atoms with van der Waals surface area (Å²) in [6.07, 6.45) is 0. The first kappa shape index (κ1) is 11.5. The third-order valence-electron chi connectivity index (χ3n) is 2.35. The summed E-state index contributed by atoms with van der Waals surface area (Å²) < 4.78 is 5.06. The summed E-state index contributed by atoms with van der Waals surface area (Å²) in [5.41, 5.74) is 6.74. The summed E-state index contributed by atoms with van der Waals surface area (Å²) in [5.74, 6) is 0.968. The Morgan fingerprint density at radius 1 is 1.29 bits per heavy atom. The van der Waals surface area contributed by atoms with Crippen molar-refractivity contribution in [3.8, 4) is 16.9 Å². The highest BCUT2D eigenvalue weighted by Gasteiger charge is 2.06.